The van der Waals surface area contributed by atoms with Crippen LogP contribution in [0.15, 0.2) is 91.0 Å². The Bertz CT molecular complexity index is 1140. The van der Waals surface area contributed by atoms with Crippen molar-refractivity contribution < 1.29 is 14.3 Å². The van der Waals surface area contributed by atoms with Gasteiger partial charge in [0.1, 0.15) is 29.3 Å². The van der Waals surface area contributed by atoms with Crippen molar-refractivity contribution >= 4 is 47.1 Å². The maximum absolute atomic E-state index is 12.5. The molecule has 0 radical (unpaired) electrons. The highest BCUT2D eigenvalue weighted by molar-refractivity contribution is 7.96. The summed E-state index contributed by atoms with van der Waals surface area (Å²) in [4.78, 5) is 23.5. The zero-order chi connectivity index (χ0) is 33.1. The Kier molecular flexibility index (Phi) is 17.3. The molecule has 0 aromatic heterocycles. The number of hydrogen-bond acceptors (Lipinski definition) is 4. The molecule has 0 bridgehead atoms. The number of nitrogens with one attached hydrogen (secondary N) is 3. The molecule has 4 rings (SSSR count). The number of amides is 2. The normalized spacial score (nSPS) is 16.2. The zero-order valence-electron chi connectivity index (χ0n) is 28.1. The molecule has 1 aliphatic rings. The molecule has 0 heterocycles. The summed E-state index contributed by atoms with van der Waals surface area (Å²) in [6.07, 6.45) is 4.89. The quantitative estimate of drug-likeness (QED) is 0.0912. The lowest BCUT2D eigenvalue weighted by molar-refractivity contribution is 0.0611. The van der Waals surface area contributed by atoms with Gasteiger partial charge in [-0.25, -0.2) is 10.2 Å². The van der Waals surface area contributed by atoms with Gasteiger partial charge in [0, 0.05) is 13.1 Å². The van der Waals surface area contributed by atoms with Crippen molar-refractivity contribution in [2.75, 3.05) is 19.3 Å². The van der Waals surface area contributed by atoms with E-state index in [1.807, 2.05) is 27.7 Å². The summed E-state index contributed by atoms with van der Waals surface area (Å²) >= 11 is 3.76. The predicted molar refractivity (Wildman–Crippen MR) is 197 cm³/mol. The molecule has 0 atom stereocenters. The molecule has 3 N–H and O–H groups in total. The van der Waals surface area contributed by atoms with Crippen molar-refractivity contribution in [1.82, 2.24) is 16.2 Å². The molecule has 6 nitrogen and oxygen atoms in total. The average Bonchev–Trinajstić information content (AvgIpc) is 3.08. The lowest BCUT2D eigenvalue weighted by Gasteiger charge is -2.32. The molecule has 1 saturated carbocycles. The molecular formula is C37H55N3O3PS+. The van der Waals surface area contributed by atoms with E-state index in [4.69, 9.17) is 4.74 Å². The Morgan fingerprint density at radius 3 is 1.64 bits per heavy atom. The van der Waals surface area contributed by atoms with Crippen molar-refractivity contribution in [3.05, 3.63) is 91.0 Å². The van der Waals surface area contributed by atoms with Crippen molar-refractivity contribution in [1.29, 1.82) is 0 Å². The van der Waals surface area contributed by atoms with Crippen LogP contribution < -0.4 is 32.1 Å². The van der Waals surface area contributed by atoms with Crippen molar-refractivity contribution in [2.45, 2.75) is 79.8 Å². The van der Waals surface area contributed by atoms with E-state index in [1.165, 1.54) is 15.9 Å². The van der Waals surface area contributed by atoms with Gasteiger partial charge >= 0.3 is 6.09 Å². The fourth-order valence-corrected chi connectivity index (χ4v) is 10.4. The van der Waals surface area contributed by atoms with Gasteiger partial charge in [0.15, 0.2) is 0 Å². The van der Waals surface area contributed by atoms with Crippen molar-refractivity contribution in [2.24, 2.45) is 11.3 Å². The molecule has 246 valence electrons. The fourth-order valence-electron chi connectivity index (χ4n) is 5.66. The average molecular weight is 653 g/mol. The monoisotopic (exact) mass is 652 g/mol. The molecule has 0 unspecified atom stereocenters. The van der Waals surface area contributed by atoms with E-state index in [0.29, 0.717) is 19.0 Å². The summed E-state index contributed by atoms with van der Waals surface area (Å²) in [7, 11) is -1.91. The highest BCUT2D eigenvalue weighted by atomic mass is 32.1. The SMILES string of the molecule is CC.CC.CC(C)(CC[P+](c1ccccc1)(c1ccccc1)c1ccccc1)CNNC(=O)OC1CCC(CNC(=O)S)CC1. The van der Waals surface area contributed by atoms with Gasteiger partial charge in [0.2, 0.25) is 0 Å². The number of thiol groups is 1. The number of hydrazine groups is 1. The van der Waals surface area contributed by atoms with Crippen LogP contribution in [0, 0.1) is 11.3 Å². The first kappa shape index (κ1) is 38.3. The molecule has 1 fully saturated rings. The number of benzene rings is 3. The summed E-state index contributed by atoms with van der Waals surface area (Å²) in [6.45, 7) is 13.7. The third-order valence-electron chi connectivity index (χ3n) is 8.08. The number of hydrogen-bond donors (Lipinski definition) is 4. The van der Waals surface area contributed by atoms with Crippen LogP contribution in [0.4, 0.5) is 9.59 Å². The summed E-state index contributed by atoms with van der Waals surface area (Å²) in [5.41, 5.74) is 5.83. The van der Waals surface area contributed by atoms with Crippen molar-refractivity contribution in [3.8, 4) is 0 Å². The van der Waals surface area contributed by atoms with E-state index >= 15 is 0 Å². The molecule has 1 aliphatic carbocycles. The molecule has 2 amide bonds. The second-order valence-corrected chi connectivity index (χ2v) is 15.7. The Hall–Kier alpha value is -2.86. The standard InChI is InChI=1S/C33H42N3O3PS.2C2H6/c1-33(2,25-35-36-31(37)39-27-20-18-26(19-21-27)24-34-32(38)41)22-23-40(28-12-6-3-7-13-28,29-14-8-4-9-15-29)30-16-10-5-11-17-30;2*1-2/h3-17,26-27,35H,18-25H2,1-2H3,(H2-,34,36,37,38,41);2*1-2H3/p+1. The summed E-state index contributed by atoms with van der Waals surface area (Å²) in [5.74, 6) is 0.408. The topological polar surface area (TPSA) is 79.5 Å². The number of ether oxygens (including phenoxy) is 1. The van der Waals surface area contributed by atoms with Gasteiger partial charge in [0.05, 0.1) is 6.16 Å². The zero-order valence-corrected chi connectivity index (χ0v) is 29.9. The second-order valence-electron chi connectivity index (χ2n) is 11.7. The predicted octanol–water partition coefficient (Wildman–Crippen LogP) is 7.88. The van der Waals surface area contributed by atoms with Gasteiger partial charge in [-0.05, 0) is 79.8 Å². The van der Waals surface area contributed by atoms with Gasteiger partial charge in [0.25, 0.3) is 5.24 Å². The van der Waals surface area contributed by atoms with Crippen LogP contribution in [0.5, 0.6) is 0 Å². The van der Waals surface area contributed by atoms with E-state index in [0.717, 1.165) is 38.3 Å². The van der Waals surface area contributed by atoms with Crippen LogP contribution >= 0.6 is 19.9 Å². The van der Waals surface area contributed by atoms with Crippen LogP contribution in [0.25, 0.3) is 0 Å². The molecule has 45 heavy (non-hydrogen) atoms. The van der Waals surface area contributed by atoms with Gasteiger partial charge in [-0.3, -0.25) is 10.2 Å². The molecular weight excluding hydrogens is 597 g/mol. The first-order valence-electron chi connectivity index (χ1n) is 16.5. The van der Waals surface area contributed by atoms with Gasteiger partial charge in [-0.2, -0.15) is 0 Å². The Balaban J connectivity index is 0.00000169. The van der Waals surface area contributed by atoms with E-state index < -0.39 is 13.4 Å². The first-order valence-corrected chi connectivity index (χ1v) is 18.9. The lowest BCUT2D eigenvalue weighted by Crippen LogP contribution is -2.45. The van der Waals surface area contributed by atoms with Crippen LogP contribution in [-0.2, 0) is 4.74 Å². The molecule has 0 saturated heterocycles. The number of carbonyl (C=O) groups is 2. The smallest absolute Gasteiger partial charge is 0.421 e. The molecule has 3 aromatic rings. The van der Waals surface area contributed by atoms with E-state index in [-0.39, 0.29) is 16.8 Å². The van der Waals surface area contributed by atoms with E-state index in [1.54, 1.807) is 0 Å². The van der Waals surface area contributed by atoms with Crippen molar-refractivity contribution in [3.63, 3.8) is 0 Å². The summed E-state index contributed by atoms with van der Waals surface area (Å²) < 4.78 is 5.66. The summed E-state index contributed by atoms with van der Waals surface area (Å²) in [6, 6.07) is 32.8. The molecule has 8 heteroatoms. The number of carbonyl (C=O) groups excluding carboxylic acids is 2. The van der Waals surface area contributed by atoms with Crippen LogP contribution in [0.3, 0.4) is 0 Å². The minimum Gasteiger partial charge on any atom is -0.445 e. The lowest BCUT2D eigenvalue weighted by atomic mass is 9.87. The van der Waals surface area contributed by atoms with Crippen LogP contribution in [-0.4, -0.2) is 36.7 Å². The minimum absolute atomic E-state index is 0.0770. The third kappa shape index (κ3) is 12.1. The Morgan fingerprint density at radius 2 is 1.22 bits per heavy atom. The van der Waals surface area contributed by atoms with Gasteiger partial charge in [-0.1, -0.05) is 109 Å². The second kappa shape index (κ2) is 20.3. The molecule has 0 aliphatic heterocycles. The largest absolute Gasteiger partial charge is 0.445 e. The minimum atomic E-state index is -1.91. The maximum atomic E-state index is 12.5. The van der Waals surface area contributed by atoms with Crippen LogP contribution in [0.1, 0.15) is 73.6 Å². The molecule has 3 aromatic carbocycles. The Morgan fingerprint density at radius 1 is 0.778 bits per heavy atom. The highest BCUT2D eigenvalue weighted by Crippen LogP contribution is 2.56. The third-order valence-corrected chi connectivity index (χ3v) is 12.7. The fraction of sp³-hybridized carbons (Fsp3) is 0.459. The Labute approximate surface area is 278 Å². The highest BCUT2D eigenvalue weighted by Gasteiger charge is 2.45. The number of rotatable bonds is 12. The van der Waals surface area contributed by atoms with Crippen LogP contribution in [0.2, 0.25) is 0 Å². The first-order chi connectivity index (χ1) is 21.8. The maximum Gasteiger partial charge on any atom is 0.421 e. The van der Waals surface area contributed by atoms with E-state index in [2.05, 4.69) is 134 Å². The van der Waals surface area contributed by atoms with Gasteiger partial charge < -0.3 is 10.1 Å². The molecule has 0 spiro atoms. The van der Waals surface area contributed by atoms with Gasteiger partial charge in [-0.15, -0.1) is 0 Å². The van der Waals surface area contributed by atoms with E-state index in [9.17, 15) is 9.59 Å². The summed E-state index contributed by atoms with van der Waals surface area (Å²) in [5, 5.41) is 6.60.